The Morgan fingerprint density at radius 1 is 1.09 bits per heavy atom. The van der Waals surface area contributed by atoms with E-state index in [1.165, 1.54) is 23.4 Å². The van der Waals surface area contributed by atoms with E-state index < -0.39 is 27.7 Å². The van der Waals surface area contributed by atoms with E-state index >= 15 is 0 Å². The van der Waals surface area contributed by atoms with Gasteiger partial charge in [0.15, 0.2) is 0 Å². The predicted molar refractivity (Wildman–Crippen MR) is 120 cm³/mol. The number of amides is 2. The Labute approximate surface area is 188 Å². The number of nitrogens with one attached hydrogen (secondary N) is 2. The van der Waals surface area contributed by atoms with Crippen LogP contribution in [0.3, 0.4) is 0 Å². The number of nitrogens with zero attached hydrogens (tertiary/aromatic N) is 1. The lowest BCUT2D eigenvalue weighted by atomic mass is 10.0. The van der Waals surface area contributed by atoms with Crippen LogP contribution < -0.4 is 10.6 Å². The second-order valence-electron chi connectivity index (χ2n) is 8.04. The number of benzene rings is 2. The Bertz CT molecular complexity index is 1100. The van der Waals surface area contributed by atoms with Crippen LogP contribution in [0, 0.1) is 19.7 Å². The van der Waals surface area contributed by atoms with E-state index in [9.17, 15) is 22.4 Å². The number of hydrogen-bond acceptors (Lipinski definition) is 4. The average Bonchev–Trinajstić information content (AvgIpc) is 2.75. The molecule has 2 aromatic carbocycles. The zero-order valence-electron chi connectivity index (χ0n) is 18.2. The summed E-state index contributed by atoms with van der Waals surface area (Å²) in [4.78, 5) is 24.3. The smallest absolute Gasteiger partial charge is 0.313 e. The van der Waals surface area contributed by atoms with E-state index in [0.29, 0.717) is 25.1 Å². The van der Waals surface area contributed by atoms with E-state index in [2.05, 4.69) is 10.6 Å². The van der Waals surface area contributed by atoms with Gasteiger partial charge in [0.25, 0.3) is 0 Å². The average molecular weight is 462 g/mol. The summed E-state index contributed by atoms with van der Waals surface area (Å²) in [6.45, 7) is 3.94. The molecule has 1 heterocycles. The molecule has 1 fully saturated rings. The molecule has 2 amide bonds. The molecule has 0 aliphatic carbocycles. The Hall–Kier alpha value is -2.78. The molecule has 9 heteroatoms. The Kier molecular flexibility index (Phi) is 7.63. The first-order valence-electron chi connectivity index (χ1n) is 10.6. The number of rotatable bonds is 6. The molecule has 1 saturated heterocycles. The van der Waals surface area contributed by atoms with Gasteiger partial charge in [0.1, 0.15) is 5.82 Å². The summed E-state index contributed by atoms with van der Waals surface area (Å²) in [7, 11) is -3.79. The maximum absolute atomic E-state index is 13.6. The molecular formula is C23H28FN3O4S. The molecule has 32 heavy (non-hydrogen) atoms. The summed E-state index contributed by atoms with van der Waals surface area (Å²) in [5, 5.41) is 5.12. The van der Waals surface area contributed by atoms with E-state index in [1.54, 1.807) is 18.2 Å². The van der Waals surface area contributed by atoms with E-state index in [4.69, 9.17) is 0 Å². The van der Waals surface area contributed by atoms with Gasteiger partial charge >= 0.3 is 11.8 Å². The first-order valence-corrected chi connectivity index (χ1v) is 12.1. The maximum Gasteiger partial charge on any atom is 0.313 e. The molecule has 1 aliphatic heterocycles. The van der Waals surface area contributed by atoms with Crippen LogP contribution >= 0.6 is 0 Å². The second-order valence-corrected chi connectivity index (χ2v) is 9.94. The Morgan fingerprint density at radius 3 is 2.59 bits per heavy atom. The van der Waals surface area contributed by atoms with Gasteiger partial charge in [-0.25, -0.2) is 12.8 Å². The summed E-state index contributed by atoms with van der Waals surface area (Å²) in [6.07, 6.45) is 2.65. The van der Waals surface area contributed by atoms with Crippen LogP contribution in [-0.2, 0) is 19.6 Å². The monoisotopic (exact) mass is 461 g/mol. The lowest BCUT2D eigenvalue weighted by Gasteiger charge is -2.34. The van der Waals surface area contributed by atoms with Crippen LogP contribution in [0.25, 0.3) is 0 Å². The third-order valence-corrected chi connectivity index (χ3v) is 7.50. The molecule has 1 unspecified atom stereocenters. The standard InChI is InChI=1S/C23H28FN3O4S/c1-16-6-5-7-18(14-16)26-23(29)22(28)25-12-11-19-8-3-4-13-27(19)32(30,31)20-9-10-21(24)17(2)15-20/h5-7,9-10,14-15,19H,3-4,8,11-13H2,1-2H3,(H,25,28)(H,26,29). The van der Waals surface area contributed by atoms with Crippen molar-refractivity contribution in [2.45, 2.75) is 50.5 Å². The van der Waals surface area contributed by atoms with Crippen LogP contribution in [-0.4, -0.2) is 43.7 Å². The fourth-order valence-electron chi connectivity index (χ4n) is 3.84. The van der Waals surface area contributed by atoms with Crippen molar-refractivity contribution in [3.05, 3.63) is 59.4 Å². The Morgan fingerprint density at radius 2 is 1.88 bits per heavy atom. The van der Waals surface area contributed by atoms with Crippen molar-refractivity contribution in [2.24, 2.45) is 0 Å². The molecular weight excluding hydrogens is 433 g/mol. The van der Waals surface area contributed by atoms with E-state index in [1.807, 2.05) is 13.0 Å². The molecule has 1 aliphatic rings. The largest absolute Gasteiger partial charge is 0.348 e. The molecule has 3 rings (SSSR count). The van der Waals surface area contributed by atoms with Crippen LogP contribution in [0.1, 0.15) is 36.8 Å². The number of sulfonamides is 1. The van der Waals surface area contributed by atoms with Gasteiger partial charge in [-0.05, 0) is 74.6 Å². The maximum atomic E-state index is 13.6. The van der Waals surface area contributed by atoms with E-state index in [0.717, 1.165) is 24.5 Å². The summed E-state index contributed by atoms with van der Waals surface area (Å²) < 4.78 is 41.3. The van der Waals surface area contributed by atoms with Gasteiger partial charge in [0.2, 0.25) is 10.0 Å². The lowest BCUT2D eigenvalue weighted by molar-refractivity contribution is -0.136. The predicted octanol–water partition coefficient (Wildman–Crippen LogP) is 3.13. The molecule has 1 atom stereocenters. The number of piperidine rings is 1. The highest BCUT2D eigenvalue weighted by molar-refractivity contribution is 7.89. The molecule has 2 aromatic rings. The topological polar surface area (TPSA) is 95.6 Å². The van der Waals surface area contributed by atoms with Gasteiger partial charge in [0, 0.05) is 24.8 Å². The summed E-state index contributed by atoms with van der Waals surface area (Å²) in [5.41, 5.74) is 1.76. The number of carbonyl (C=O) groups excluding carboxylic acids is 2. The van der Waals surface area contributed by atoms with Gasteiger partial charge < -0.3 is 10.6 Å². The van der Waals surface area contributed by atoms with Gasteiger partial charge in [-0.1, -0.05) is 18.6 Å². The summed E-state index contributed by atoms with van der Waals surface area (Å²) >= 11 is 0. The third-order valence-electron chi connectivity index (χ3n) is 5.55. The highest BCUT2D eigenvalue weighted by Gasteiger charge is 2.33. The fourth-order valence-corrected chi connectivity index (χ4v) is 5.64. The van der Waals surface area contributed by atoms with Crippen LogP contribution in [0.5, 0.6) is 0 Å². The molecule has 7 nitrogen and oxygen atoms in total. The molecule has 0 aromatic heterocycles. The van der Waals surface area contributed by atoms with Crippen molar-refractivity contribution in [3.8, 4) is 0 Å². The van der Waals surface area contributed by atoms with Crippen molar-refractivity contribution in [2.75, 3.05) is 18.4 Å². The zero-order chi connectivity index (χ0) is 23.3. The van der Waals surface area contributed by atoms with Crippen molar-refractivity contribution < 1.29 is 22.4 Å². The van der Waals surface area contributed by atoms with Crippen molar-refractivity contribution in [1.82, 2.24) is 9.62 Å². The normalized spacial score (nSPS) is 17.0. The molecule has 0 saturated carbocycles. The number of halogens is 1. The first-order chi connectivity index (χ1) is 15.2. The quantitative estimate of drug-likeness (QED) is 0.646. The number of carbonyl (C=O) groups is 2. The van der Waals surface area contributed by atoms with Crippen molar-refractivity contribution >= 4 is 27.5 Å². The SMILES string of the molecule is Cc1cccc(NC(=O)C(=O)NCCC2CCCCN2S(=O)(=O)c2ccc(F)c(C)c2)c1. The number of aryl methyl sites for hydroxylation is 2. The molecule has 0 bridgehead atoms. The Balaban J connectivity index is 1.60. The van der Waals surface area contributed by atoms with Crippen molar-refractivity contribution in [1.29, 1.82) is 0 Å². The highest BCUT2D eigenvalue weighted by Crippen LogP contribution is 2.27. The minimum absolute atomic E-state index is 0.0601. The summed E-state index contributed by atoms with van der Waals surface area (Å²) in [5.74, 6) is -2.00. The van der Waals surface area contributed by atoms with E-state index in [-0.39, 0.29) is 23.0 Å². The molecule has 0 spiro atoms. The first kappa shape index (κ1) is 23.9. The highest BCUT2D eigenvalue weighted by atomic mass is 32.2. The van der Waals surface area contributed by atoms with Gasteiger partial charge in [-0.15, -0.1) is 0 Å². The zero-order valence-corrected chi connectivity index (χ0v) is 19.0. The van der Waals surface area contributed by atoms with Crippen LogP contribution in [0.4, 0.5) is 10.1 Å². The third kappa shape index (κ3) is 5.72. The van der Waals surface area contributed by atoms with Gasteiger partial charge in [0.05, 0.1) is 4.90 Å². The fraction of sp³-hybridized carbons (Fsp3) is 0.391. The minimum atomic E-state index is -3.79. The van der Waals surface area contributed by atoms with Crippen molar-refractivity contribution in [3.63, 3.8) is 0 Å². The molecule has 2 N–H and O–H groups in total. The summed E-state index contributed by atoms with van der Waals surface area (Å²) in [6, 6.07) is 10.6. The van der Waals surface area contributed by atoms with Gasteiger partial charge in [-0.3, -0.25) is 9.59 Å². The number of anilines is 1. The van der Waals surface area contributed by atoms with Crippen LogP contribution in [0.2, 0.25) is 0 Å². The minimum Gasteiger partial charge on any atom is -0.348 e. The second kappa shape index (κ2) is 10.2. The number of hydrogen-bond donors (Lipinski definition) is 2. The van der Waals surface area contributed by atoms with Gasteiger partial charge in [-0.2, -0.15) is 4.31 Å². The van der Waals surface area contributed by atoms with Crippen LogP contribution in [0.15, 0.2) is 47.4 Å². The molecule has 0 radical (unpaired) electrons. The molecule has 172 valence electrons. The lowest BCUT2D eigenvalue weighted by Crippen LogP contribution is -2.45.